The van der Waals surface area contributed by atoms with E-state index in [1.165, 1.54) is 13.8 Å². The summed E-state index contributed by atoms with van der Waals surface area (Å²) in [6, 6.07) is 13.8. The van der Waals surface area contributed by atoms with Crippen molar-refractivity contribution in [2.75, 3.05) is 0 Å². The molecule has 0 bridgehead atoms. The van der Waals surface area contributed by atoms with E-state index in [-0.39, 0.29) is 5.78 Å². The number of carbonyl (C=O) groups is 3. The molecule has 3 rings (SSSR count). The molecule has 2 aromatic rings. The van der Waals surface area contributed by atoms with Crippen molar-refractivity contribution >= 4 is 17.7 Å². The fourth-order valence-electron chi connectivity index (χ4n) is 2.98. The maximum Gasteiger partial charge on any atom is 0.303 e. The molecule has 1 aliphatic carbocycles. The maximum absolute atomic E-state index is 12.9. The number of esters is 2. The van der Waals surface area contributed by atoms with Gasteiger partial charge in [-0.25, -0.2) is 0 Å². The molecule has 2 atom stereocenters. The van der Waals surface area contributed by atoms with Crippen molar-refractivity contribution in [3.05, 3.63) is 70.8 Å². The summed E-state index contributed by atoms with van der Waals surface area (Å²) in [5.41, 5.74) is 1.93. The van der Waals surface area contributed by atoms with E-state index in [4.69, 9.17) is 9.47 Å². The second-order valence-corrected chi connectivity index (χ2v) is 5.56. The number of ether oxygens (including phenoxy) is 2. The maximum atomic E-state index is 12.9. The molecule has 122 valence electrons. The van der Waals surface area contributed by atoms with Gasteiger partial charge < -0.3 is 9.47 Å². The minimum absolute atomic E-state index is 0.187. The molecule has 0 aliphatic heterocycles. The van der Waals surface area contributed by atoms with Crippen molar-refractivity contribution in [2.24, 2.45) is 0 Å². The number of ketones is 1. The average Bonchev–Trinajstić information content (AvgIpc) is 2.64. The molecule has 0 radical (unpaired) electrons. The Bertz CT molecular complexity index is 757. The lowest BCUT2D eigenvalue weighted by Crippen LogP contribution is -2.21. The van der Waals surface area contributed by atoms with E-state index in [0.29, 0.717) is 22.3 Å². The fourth-order valence-corrected chi connectivity index (χ4v) is 2.98. The highest BCUT2D eigenvalue weighted by Gasteiger charge is 2.38. The zero-order valence-electron chi connectivity index (χ0n) is 13.3. The normalized spacial score (nSPS) is 18.8. The van der Waals surface area contributed by atoms with Gasteiger partial charge in [-0.15, -0.1) is 0 Å². The van der Waals surface area contributed by atoms with Gasteiger partial charge in [0.15, 0.2) is 18.0 Å². The molecule has 0 fully saturated rings. The molecule has 5 nitrogen and oxygen atoms in total. The van der Waals surface area contributed by atoms with Crippen LogP contribution in [0.1, 0.15) is 53.1 Å². The Morgan fingerprint density at radius 1 is 0.750 bits per heavy atom. The van der Waals surface area contributed by atoms with Gasteiger partial charge in [-0.05, 0) is 0 Å². The second kappa shape index (κ2) is 6.28. The van der Waals surface area contributed by atoms with Crippen molar-refractivity contribution < 1.29 is 23.9 Å². The lowest BCUT2D eigenvalue weighted by Gasteiger charge is -2.26. The summed E-state index contributed by atoms with van der Waals surface area (Å²) in [4.78, 5) is 36.1. The first kappa shape index (κ1) is 15.9. The van der Waals surface area contributed by atoms with Gasteiger partial charge in [0.05, 0.1) is 0 Å². The van der Waals surface area contributed by atoms with Crippen LogP contribution in [0.3, 0.4) is 0 Å². The Morgan fingerprint density at radius 2 is 1.12 bits per heavy atom. The molecule has 0 amide bonds. The summed E-state index contributed by atoms with van der Waals surface area (Å²) in [6.45, 7) is 2.57. The zero-order valence-corrected chi connectivity index (χ0v) is 13.3. The highest BCUT2D eigenvalue weighted by atomic mass is 16.6. The molecule has 1 aliphatic rings. The number of hydrogen-bond acceptors (Lipinski definition) is 5. The average molecular weight is 324 g/mol. The van der Waals surface area contributed by atoms with Gasteiger partial charge in [0, 0.05) is 36.1 Å². The Hall–Kier alpha value is -2.95. The molecule has 0 spiro atoms. The van der Waals surface area contributed by atoms with Gasteiger partial charge >= 0.3 is 11.9 Å². The molecular formula is C19H16O5. The van der Waals surface area contributed by atoms with Crippen LogP contribution in [-0.2, 0) is 19.1 Å². The molecule has 0 aromatic heterocycles. The van der Waals surface area contributed by atoms with Gasteiger partial charge in [-0.1, -0.05) is 48.5 Å². The van der Waals surface area contributed by atoms with Crippen LogP contribution in [0.5, 0.6) is 0 Å². The van der Waals surface area contributed by atoms with Gasteiger partial charge in [-0.2, -0.15) is 0 Å². The zero-order chi connectivity index (χ0) is 17.3. The Balaban J connectivity index is 2.27. The number of hydrogen-bond donors (Lipinski definition) is 0. The van der Waals surface area contributed by atoms with Crippen molar-refractivity contribution in [3.8, 4) is 0 Å². The number of benzene rings is 2. The third kappa shape index (κ3) is 2.80. The lowest BCUT2D eigenvalue weighted by molar-refractivity contribution is -0.166. The van der Waals surface area contributed by atoms with E-state index >= 15 is 0 Å². The van der Waals surface area contributed by atoms with Gasteiger partial charge in [0.25, 0.3) is 0 Å². The summed E-state index contributed by atoms with van der Waals surface area (Å²) in [6.07, 6.45) is -1.76. The number of rotatable bonds is 2. The molecule has 0 N–H and O–H groups in total. The second-order valence-electron chi connectivity index (χ2n) is 5.56. The molecule has 0 saturated carbocycles. The summed E-state index contributed by atoms with van der Waals surface area (Å²) in [5.74, 6) is -1.22. The van der Waals surface area contributed by atoms with Crippen LogP contribution >= 0.6 is 0 Å². The summed E-state index contributed by atoms with van der Waals surface area (Å²) in [5, 5.41) is 0. The highest BCUT2D eigenvalue weighted by Crippen LogP contribution is 2.42. The topological polar surface area (TPSA) is 69.7 Å². The minimum Gasteiger partial charge on any atom is -0.453 e. The molecule has 0 unspecified atom stereocenters. The summed E-state index contributed by atoms with van der Waals surface area (Å²) >= 11 is 0. The van der Waals surface area contributed by atoms with Crippen LogP contribution in [0.2, 0.25) is 0 Å². The highest BCUT2D eigenvalue weighted by molar-refractivity contribution is 6.11. The van der Waals surface area contributed by atoms with Crippen LogP contribution in [0.25, 0.3) is 0 Å². The predicted octanol–water partition coefficient (Wildman–Crippen LogP) is 3.14. The van der Waals surface area contributed by atoms with Crippen molar-refractivity contribution in [1.29, 1.82) is 0 Å². The smallest absolute Gasteiger partial charge is 0.303 e. The predicted molar refractivity (Wildman–Crippen MR) is 85.3 cm³/mol. The first-order valence-electron chi connectivity index (χ1n) is 7.56. The third-order valence-electron chi connectivity index (χ3n) is 3.88. The van der Waals surface area contributed by atoms with Crippen molar-refractivity contribution in [3.63, 3.8) is 0 Å². The molecule has 0 heterocycles. The third-order valence-corrected chi connectivity index (χ3v) is 3.88. The van der Waals surface area contributed by atoms with E-state index in [0.717, 1.165) is 0 Å². The first-order chi connectivity index (χ1) is 11.5. The number of carbonyl (C=O) groups excluding carboxylic acids is 3. The van der Waals surface area contributed by atoms with Crippen LogP contribution < -0.4 is 0 Å². The standard InChI is InChI=1S/C19H16O5/c1-11(20)23-18-15-9-5-3-7-13(15)17(22)14-8-4-6-10-16(14)19(18)24-12(2)21/h3-10,18-19H,1-2H3/t18-,19+. The Labute approximate surface area is 139 Å². The van der Waals surface area contributed by atoms with Crippen LogP contribution in [0.4, 0.5) is 0 Å². The molecule has 0 saturated heterocycles. The Morgan fingerprint density at radius 3 is 1.50 bits per heavy atom. The van der Waals surface area contributed by atoms with Crippen LogP contribution in [0.15, 0.2) is 48.5 Å². The Kier molecular flexibility index (Phi) is 4.16. The first-order valence-corrected chi connectivity index (χ1v) is 7.56. The molecule has 24 heavy (non-hydrogen) atoms. The van der Waals surface area contributed by atoms with Crippen LogP contribution in [-0.4, -0.2) is 17.7 Å². The molecule has 5 heteroatoms. The minimum atomic E-state index is -0.879. The van der Waals surface area contributed by atoms with E-state index in [1.807, 2.05) is 0 Å². The van der Waals surface area contributed by atoms with E-state index < -0.39 is 24.1 Å². The molecule has 2 aromatic carbocycles. The van der Waals surface area contributed by atoms with Crippen molar-refractivity contribution in [1.82, 2.24) is 0 Å². The number of fused-ring (bicyclic) bond motifs is 2. The van der Waals surface area contributed by atoms with E-state index in [2.05, 4.69) is 0 Å². The monoisotopic (exact) mass is 324 g/mol. The largest absolute Gasteiger partial charge is 0.453 e. The fraction of sp³-hybridized carbons (Fsp3) is 0.211. The van der Waals surface area contributed by atoms with Crippen LogP contribution in [0, 0.1) is 0 Å². The van der Waals surface area contributed by atoms with Gasteiger partial charge in [-0.3, -0.25) is 14.4 Å². The van der Waals surface area contributed by atoms with Crippen molar-refractivity contribution in [2.45, 2.75) is 26.1 Å². The quantitative estimate of drug-likeness (QED) is 0.794. The molecular weight excluding hydrogens is 308 g/mol. The van der Waals surface area contributed by atoms with Gasteiger partial charge in [0.1, 0.15) is 0 Å². The van der Waals surface area contributed by atoms with E-state index in [1.54, 1.807) is 48.5 Å². The summed E-state index contributed by atoms with van der Waals surface area (Å²) < 4.78 is 10.9. The van der Waals surface area contributed by atoms with E-state index in [9.17, 15) is 14.4 Å². The lowest BCUT2D eigenvalue weighted by atomic mass is 9.98. The summed E-state index contributed by atoms with van der Waals surface area (Å²) in [7, 11) is 0. The SMILES string of the molecule is CC(=O)O[C@@H]1c2ccccc2C(=O)c2ccccc2[C@@H]1OC(C)=O. The van der Waals surface area contributed by atoms with Gasteiger partial charge in [0.2, 0.25) is 0 Å².